The summed E-state index contributed by atoms with van der Waals surface area (Å²) in [4.78, 5) is 29.1. The van der Waals surface area contributed by atoms with Crippen LogP contribution in [0.2, 0.25) is 0 Å². The van der Waals surface area contributed by atoms with Gasteiger partial charge in [-0.15, -0.1) is 11.3 Å². The van der Waals surface area contributed by atoms with Crippen molar-refractivity contribution in [3.8, 4) is 0 Å². The van der Waals surface area contributed by atoms with Crippen LogP contribution in [0, 0.1) is 12.8 Å². The van der Waals surface area contributed by atoms with Gasteiger partial charge < -0.3 is 15.5 Å². The van der Waals surface area contributed by atoms with Gasteiger partial charge in [0.1, 0.15) is 0 Å². The number of piperidine rings is 1. The van der Waals surface area contributed by atoms with E-state index in [1.54, 1.807) is 0 Å². The van der Waals surface area contributed by atoms with E-state index in [1.165, 1.54) is 37.0 Å². The fourth-order valence-corrected chi connectivity index (χ4v) is 5.56. The normalized spacial score (nSPS) is 29.4. The van der Waals surface area contributed by atoms with Crippen LogP contribution in [0.3, 0.4) is 0 Å². The van der Waals surface area contributed by atoms with Gasteiger partial charge in [-0.2, -0.15) is 0 Å². The summed E-state index contributed by atoms with van der Waals surface area (Å²) in [6.45, 7) is 3.51. The minimum absolute atomic E-state index is 0.0170. The average Bonchev–Trinajstić information content (AvgIpc) is 3.28. The molecule has 2 saturated heterocycles. The summed E-state index contributed by atoms with van der Waals surface area (Å²) in [5.74, 6) is 0.997. The molecule has 0 aromatic carbocycles. The van der Waals surface area contributed by atoms with Gasteiger partial charge in [0.25, 0.3) is 5.91 Å². The van der Waals surface area contributed by atoms with Gasteiger partial charge in [0.15, 0.2) is 0 Å². The second kappa shape index (κ2) is 7.69. The number of nitrogens with zero attached hydrogens (tertiary/aromatic N) is 1. The van der Waals surface area contributed by atoms with Crippen molar-refractivity contribution in [2.24, 2.45) is 5.92 Å². The van der Waals surface area contributed by atoms with Crippen molar-refractivity contribution in [1.29, 1.82) is 0 Å². The molecule has 3 atom stereocenters. The number of fused-ring (bicyclic) bond motifs is 1. The molecule has 2 N–H and O–H groups in total. The second-order valence-corrected chi connectivity index (χ2v) is 9.38. The topological polar surface area (TPSA) is 61.4 Å². The zero-order valence-electron chi connectivity index (χ0n) is 15.5. The molecule has 0 spiro atoms. The molecule has 1 aromatic heterocycles. The Labute approximate surface area is 159 Å². The van der Waals surface area contributed by atoms with Gasteiger partial charge in [0.2, 0.25) is 5.91 Å². The van der Waals surface area contributed by atoms with Gasteiger partial charge in [-0.3, -0.25) is 9.59 Å². The molecular weight excluding hydrogens is 346 g/mol. The molecule has 2 aliphatic heterocycles. The third kappa shape index (κ3) is 3.81. The monoisotopic (exact) mass is 375 g/mol. The first-order valence-corrected chi connectivity index (χ1v) is 10.8. The lowest BCUT2D eigenvalue weighted by Gasteiger charge is -2.34. The highest BCUT2D eigenvalue weighted by molar-refractivity contribution is 7.13. The smallest absolute Gasteiger partial charge is 0.261 e. The lowest BCUT2D eigenvalue weighted by atomic mass is 9.85. The van der Waals surface area contributed by atoms with Crippen molar-refractivity contribution >= 4 is 23.2 Å². The van der Waals surface area contributed by atoms with E-state index in [9.17, 15) is 9.59 Å². The Kier molecular flexibility index (Phi) is 5.32. The Morgan fingerprint density at radius 3 is 2.62 bits per heavy atom. The molecule has 142 valence electrons. The highest BCUT2D eigenvalue weighted by Gasteiger charge is 2.40. The molecule has 2 amide bonds. The van der Waals surface area contributed by atoms with Crippen LogP contribution >= 0.6 is 11.3 Å². The van der Waals surface area contributed by atoms with Crippen LogP contribution in [0.1, 0.15) is 59.5 Å². The maximum absolute atomic E-state index is 12.9. The zero-order valence-corrected chi connectivity index (χ0v) is 16.3. The number of rotatable bonds is 3. The number of carbonyl (C=O) groups is 2. The quantitative estimate of drug-likeness (QED) is 0.854. The standard InChI is InChI=1S/C20H29N3O2S/c1-13-6-7-18(26-13)19(24)21-15-8-10-23(11-9-15)20(25)17-12-14-4-2-3-5-16(14)22-17/h6-7,14-17,22H,2-5,8-12H2,1H3,(H,21,24). The van der Waals surface area contributed by atoms with Gasteiger partial charge >= 0.3 is 0 Å². The molecule has 1 aliphatic carbocycles. The van der Waals surface area contributed by atoms with Crippen molar-refractivity contribution in [2.75, 3.05) is 13.1 Å². The lowest BCUT2D eigenvalue weighted by molar-refractivity contribution is -0.134. The molecule has 4 rings (SSSR count). The van der Waals surface area contributed by atoms with E-state index in [0.717, 1.165) is 42.1 Å². The molecule has 3 unspecified atom stereocenters. The molecule has 0 bridgehead atoms. The highest BCUT2D eigenvalue weighted by Crippen LogP contribution is 2.34. The Hall–Kier alpha value is -1.40. The highest BCUT2D eigenvalue weighted by atomic mass is 32.1. The number of nitrogens with one attached hydrogen (secondary N) is 2. The third-order valence-electron chi connectivity index (χ3n) is 6.27. The second-order valence-electron chi connectivity index (χ2n) is 8.09. The number of aryl methyl sites for hydroxylation is 1. The SMILES string of the molecule is Cc1ccc(C(=O)NC2CCN(C(=O)C3CC4CCCCC4N3)CC2)s1. The Morgan fingerprint density at radius 2 is 1.92 bits per heavy atom. The molecule has 26 heavy (non-hydrogen) atoms. The molecule has 6 heteroatoms. The average molecular weight is 376 g/mol. The van der Waals surface area contributed by atoms with Crippen molar-refractivity contribution < 1.29 is 9.59 Å². The fraction of sp³-hybridized carbons (Fsp3) is 0.700. The van der Waals surface area contributed by atoms with Gasteiger partial charge in [-0.05, 0) is 57.1 Å². The Balaban J connectivity index is 1.25. The van der Waals surface area contributed by atoms with E-state index in [-0.39, 0.29) is 23.9 Å². The minimum atomic E-state index is 0.0170. The first-order valence-electron chi connectivity index (χ1n) is 10.0. The predicted molar refractivity (Wildman–Crippen MR) is 103 cm³/mol. The van der Waals surface area contributed by atoms with Crippen LogP contribution in [0.4, 0.5) is 0 Å². The van der Waals surface area contributed by atoms with E-state index in [4.69, 9.17) is 0 Å². The van der Waals surface area contributed by atoms with E-state index in [0.29, 0.717) is 12.0 Å². The summed E-state index contributed by atoms with van der Waals surface area (Å²) in [6.07, 6.45) is 7.83. The number of amides is 2. The van der Waals surface area contributed by atoms with Crippen molar-refractivity contribution in [1.82, 2.24) is 15.5 Å². The van der Waals surface area contributed by atoms with Gasteiger partial charge in [0, 0.05) is 30.1 Å². The summed E-state index contributed by atoms with van der Waals surface area (Å²) < 4.78 is 0. The van der Waals surface area contributed by atoms with Gasteiger partial charge in [-0.1, -0.05) is 12.8 Å². The van der Waals surface area contributed by atoms with Crippen LogP contribution in [0.15, 0.2) is 12.1 Å². The zero-order chi connectivity index (χ0) is 18.1. The first kappa shape index (κ1) is 18.0. The maximum atomic E-state index is 12.9. The predicted octanol–water partition coefficient (Wildman–Crippen LogP) is 2.70. The van der Waals surface area contributed by atoms with Gasteiger partial charge in [-0.25, -0.2) is 0 Å². The number of hydrogen-bond donors (Lipinski definition) is 2. The molecule has 3 fully saturated rings. The van der Waals surface area contributed by atoms with Gasteiger partial charge in [0.05, 0.1) is 10.9 Å². The van der Waals surface area contributed by atoms with E-state index < -0.39 is 0 Å². The first-order chi connectivity index (χ1) is 12.6. The van der Waals surface area contributed by atoms with E-state index in [2.05, 4.69) is 10.6 Å². The summed E-state index contributed by atoms with van der Waals surface area (Å²) >= 11 is 1.53. The Bertz CT molecular complexity index is 652. The molecule has 1 aromatic rings. The van der Waals surface area contributed by atoms with Crippen LogP contribution in [-0.2, 0) is 4.79 Å². The molecular formula is C20H29N3O2S. The fourth-order valence-electron chi connectivity index (χ4n) is 4.79. The molecule has 3 aliphatic rings. The lowest BCUT2D eigenvalue weighted by Crippen LogP contribution is -2.51. The van der Waals surface area contributed by atoms with Crippen LogP contribution in [0.5, 0.6) is 0 Å². The summed E-state index contributed by atoms with van der Waals surface area (Å²) in [6, 6.07) is 4.62. The number of likely N-dealkylation sites (tertiary alicyclic amines) is 1. The number of thiophene rings is 1. The molecule has 0 radical (unpaired) electrons. The van der Waals surface area contributed by atoms with Crippen LogP contribution in [0.25, 0.3) is 0 Å². The van der Waals surface area contributed by atoms with E-state index in [1.807, 2.05) is 24.0 Å². The van der Waals surface area contributed by atoms with Crippen molar-refractivity contribution in [2.45, 2.75) is 70.0 Å². The summed E-state index contributed by atoms with van der Waals surface area (Å²) in [5.41, 5.74) is 0. The van der Waals surface area contributed by atoms with Crippen molar-refractivity contribution in [3.05, 3.63) is 21.9 Å². The summed E-state index contributed by atoms with van der Waals surface area (Å²) in [5, 5.41) is 6.73. The molecule has 5 nitrogen and oxygen atoms in total. The van der Waals surface area contributed by atoms with Crippen LogP contribution in [-0.4, -0.2) is 47.9 Å². The summed E-state index contributed by atoms with van der Waals surface area (Å²) in [7, 11) is 0. The minimum Gasteiger partial charge on any atom is -0.348 e. The van der Waals surface area contributed by atoms with Crippen LogP contribution < -0.4 is 10.6 Å². The van der Waals surface area contributed by atoms with E-state index >= 15 is 0 Å². The number of hydrogen-bond acceptors (Lipinski definition) is 4. The molecule has 1 saturated carbocycles. The largest absolute Gasteiger partial charge is 0.348 e. The molecule has 3 heterocycles. The third-order valence-corrected chi connectivity index (χ3v) is 7.27. The maximum Gasteiger partial charge on any atom is 0.261 e. The van der Waals surface area contributed by atoms with Crippen molar-refractivity contribution in [3.63, 3.8) is 0 Å². The Morgan fingerprint density at radius 1 is 1.15 bits per heavy atom. The number of carbonyl (C=O) groups excluding carboxylic acids is 2.